The second-order valence-electron chi connectivity index (χ2n) is 11.2. The molecule has 8 nitrogen and oxygen atoms in total. The molecule has 2 atom stereocenters. The van der Waals surface area contributed by atoms with Crippen molar-refractivity contribution in [1.29, 1.82) is 0 Å². The van der Waals surface area contributed by atoms with E-state index < -0.39 is 5.92 Å². The summed E-state index contributed by atoms with van der Waals surface area (Å²) in [7, 11) is 0. The normalized spacial score (nSPS) is 25.3. The molecule has 0 bridgehead atoms. The van der Waals surface area contributed by atoms with Crippen LogP contribution in [0.1, 0.15) is 68.5 Å². The van der Waals surface area contributed by atoms with E-state index in [9.17, 15) is 9.59 Å². The number of allylic oxidation sites excluding steroid dienone is 1. The molecule has 9 heteroatoms. The molecule has 4 heterocycles. The Hall–Kier alpha value is -2.49. The number of carbonyl (C=O) groups is 2. The van der Waals surface area contributed by atoms with Crippen LogP contribution in [0.25, 0.3) is 11.0 Å². The lowest BCUT2D eigenvalue weighted by Crippen LogP contribution is -2.57. The number of nitrogens with one attached hydrogen (secondary N) is 1. The predicted octanol–water partition coefficient (Wildman–Crippen LogP) is 4.78. The Morgan fingerprint density at radius 2 is 1.97 bits per heavy atom. The van der Waals surface area contributed by atoms with E-state index in [1.807, 2.05) is 38.3 Å². The van der Waals surface area contributed by atoms with Crippen LogP contribution >= 0.6 is 11.8 Å². The zero-order chi connectivity index (χ0) is 27.7. The number of amides is 2. The molecule has 39 heavy (non-hydrogen) atoms. The van der Waals surface area contributed by atoms with Gasteiger partial charge < -0.3 is 14.6 Å². The molecule has 1 N–H and O–H groups in total. The predicted molar refractivity (Wildman–Crippen MR) is 157 cm³/mol. The molecule has 2 aromatic heterocycles. The van der Waals surface area contributed by atoms with Crippen LogP contribution < -0.4 is 5.32 Å². The Bertz CT molecular complexity index is 1290. The van der Waals surface area contributed by atoms with Crippen LogP contribution in [0.3, 0.4) is 0 Å². The molecular formula is C30H41N5O3S. The summed E-state index contributed by atoms with van der Waals surface area (Å²) < 4.78 is 8.03. The second-order valence-corrected chi connectivity index (χ2v) is 12.0. The van der Waals surface area contributed by atoms with Gasteiger partial charge in [0, 0.05) is 66.2 Å². The zero-order valence-corrected chi connectivity index (χ0v) is 24.6. The van der Waals surface area contributed by atoms with Crippen molar-refractivity contribution < 1.29 is 14.3 Å². The third-order valence-electron chi connectivity index (χ3n) is 8.84. The number of carbonyl (C=O) groups excluding carboxylic acids is 2. The van der Waals surface area contributed by atoms with Gasteiger partial charge in [-0.2, -0.15) is 0 Å². The van der Waals surface area contributed by atoms with Gasteiger partial charge in [0.1, 0.15) is 5.65 Å². The molecule has 2 aromatic rings. The quantitative estimate of drug-likeness (QED) is 0.483. The molecule has 1 saturated carbocycles. The number of hydrogen-bond acceptors (Lipinski definition) is 6. The lowest BCUT2D eigenvalue weighted by molar-refractivity contribution is -0.120. The van der Waals surface area contributed by atoms with Crippen LogP contribution in [0.2, 0.25) is 0 Å². The van der Waals surface area contributed by atoms with E-state index in [-0.39, 0.29) is 24.4 Å². The number of aliphatic imine (C=N–C) groups is 1. The van der Waals surface area contributed by atoms with Crippen molar-refractivity contribution in [2.45, 2.75) is 71.6 Å². The van der Waals surface area contributed by atoms with Crippen molar-refractivity contribution in [2.24, 2.45) is 16.8 Å². The summed E-state index contributed by atoms with van der Waals surface area (Å²) in [5.74, 6) is -0.269. The van der Waals surface area contributed by atoms with Crippen molar-refractivity contribution >= 4 is 40.3 Å². The summed E-state index contributed by atoms with van der Waals surface area (Å²) in [6.45, 7) is 11.4. The number of fused-ring (bicyclic) bond motifs is 1. The molecule has 3 aliphatic rings. The van der Waals surface area contributed by atoms with E-state index in [1.54, 1.807) is 6.20 Å². The van der Waals surface area contributed by atoms with Gasteiger partial charge in [-0.1, -0.05) is 0 Å². The molecular weight excluding hydrogens is 510 g/mol. The molecule has 210 valence electrons. The van der Waals surface area contributed by atoms with Crippen molar-refractivity contribution in [1.82, 2.24) is 19.8 Å². The highest BCUT2D eigenvalue weighted by molar-refractivity contribution is 8.02. The smallest absolute Gasteiger partial charge is 0.255 e. The van der Waals surface area contributed by atoms with Gasteiger partial charge >= 0.3 is 0 Å². The molecule has 1 unspecified atom stereocenters. The van der Waals surface area contributed by atoms with Crippen molar-refractivity contribution in [3.63, 3.8) is 0 Å². The van der Waals surface area contributed by atoms with E-state index in [0.717, 1.165) is 41.3 Å². The first-order valence-corrected chi connectivity index (χ1v) is 15.5. The van der Waals surface area contributed by atoms with Crippen LogP contribution in [0.15, 0.2) is 34.3 Å². The van der Waals surface area contributed by atoms with E-state index in [0.29, 0.717) is 29.3 Å². The number of ether oxygens (including phenoxy) is 1. The van der Waals surface area contributed by atoms with Gasteiger partial charge in [0.05, 0.1) is 17.6 Å². The van der Waals surface area contributed by atoms with E-state index in [1.165, 1.54) is 37.4 Å². The zero-order valence-electron chi connectivity index (χ0n) is 23.8. The lowest BCUT2D eigenvalue weighted by atomic mass is 9.80. The standard InChI is InChI=1S/C30H41N5O3S/c1-6-38-23-16-34(17-23)22-11-9-21(10-12-22)19(3)35-20(4)27(24-8-7-13-31-28(24)35)30(37)32-15-25-26(39-5)14-18(2)33-29(25)36/h7-8,13-14,19,21-23,25H,6,9-12,15-17H2,1-5H3,(H,32,37)/t19-,21?,22?,25?/m1/s1. The summed E-state index contributed by atoms with van der Waals surface area (Å²) >= 11 is 1.53. The van der Waals surface area contributed by atoms with E-state index in [4.69, 9.17) is 9.72 Å². The number of rotatable bonds is 9. The van der Waals surface area contributed by atoms with Gasteiger partial charge in [0.25, 0.3) is 11.8 Å². The Kier molecular flexibility index (Phi) is 8.59. The van der Waals surface area contributed by atoms with Crippen LogP contribution in [0, 0.1) is 18.8 Å². The lowest BCUT2D eigenvalue weighted by Gasteiger charge is -2.46. The van der Waals surface area contributed by atoms with E-state index >= 15 is 0 Å². The number of hydrogen-bond donors (Lipinski definition) is 1. The molecule has 0 aromatic carbocycles. The first kappa shape index (κ1) is 28.1. The fourth-order valence-corrected chi connectivity index (χ4v) is 7.45. The second kappa shape index (κ2) is 11.9. The highest BCUT2D eigenvalue weighted by Crippen LogP contribution is 2.39. The summed E-state index contributed by atoms with van der Waals surface area (Å²) in [5.41, 5.74) is 3.15. The van der Waals surface area contributed by atoms with Gasteiger partial charge in [-0.3, -0.25) is 14.5 Å². The van der Waals surface area contributed by atoms with Crippen LogP contribution in [0.4, 0.5) is 0 Å². The molecule has 0 radical (unpaired) electrons. The van der Waals surface area contributed by atoms with Gasteiger partial charge in [-0.05, 0) is 83.8 Å². The molecule has 2 fully saturated rings. The first-order chi connectivity index (χ1) is 18.8. The summed E-state index contributed by atoms with van der Waals surface area (Å²) in [4.78, 5) is 38.5. The molecule has 2 aliphatic heterocycles. The third-order valence-corrected chi connectivity index (χ3v) is 9.72. The fourth-order valence-electron chi connectivity index (χ4n) is 6.70. The Morgan fingerprint density at radius 3 is 2.67 bits per heavy atom. The maximum Gasteiger partial charge on any atom is 0.255 e. The maximum absolute atomic E-state index is 13.6. The van der Waals surface area contributed by atoms with Crippen LogP contribution in [-0.4, -0.2) is 76.6 Å². The van der Waals surface area contributed by atoms with E-state index in [2.05, 4.69) is 33.6 Å². The number of dihydropyridines is 1. The first-order valence-electron chi connectivity index (χ1n) is 14.3. The van der Waals surface area contributed by atoms with Crippen LogP contribution in [0.5, 0.6) is 0 Å². The average molecular weight is 552 g/mol. The van der Waals surface area contributed by atoms with Crippen molar-refractivity contribution in [3.05, 3.63) is 40.6 Å². The number of likely N-dealkylation sites (tertiary alicyclic amines) is 1. The molecule has 0 spiro atoms. The van der Waals surface area contributed by atoms with Crippen LogP contribution in [-0.2, 0) is 9.53 Å². The number of nitrogens with zero attached hydrogens (tertiary/aromatic N) is 4. The molecule has 5 rings (SSSR count). The Balaban J connectivity index is 1.29. The number of pyridine rings is 1. The average Bonchev–Trinajstić information content (AvgIpc) is 3.20. The topological polar surface area (TPSA) is 88.8 Å². The molecule has 1 aliphatic carbocycles. The van der Waals surface area contributed by atoms with Crippen molar-refractivity contribution in [2.75, 3.05) is 32.5 Å². The minimum Gasteiger partial charge on any atom is -0.376 e. The van der Waals surface area contributed by atoms with Gasteiger partial charge in [-0.25, -0.2) is 9.98 Å². The maximum atomic E-state index is 13.6. The summed E-state index contributed by atoms with van der Waals surface area (Å²) in [6.07, 6.45) is 10.8. The number of aromatic nitrogens is 2. The third kappa shape index (κ3) is 5.58. The summed E-state index contributed by atoms with van der Waals surface area (Å²) in [6, 6.07) is 4.76. The van der Waals surface area contributed by atoms with Gasteiger partial charge in [0.2, 0.25) is 0 Å². The molecule has 1 saturated heterocycles. The largest absolute Gasteiger partial charge is 0.376 e. The Morgan fingerprint density at radius 1 is 1.23 bits per heavy atom. The minimum absolute atomic E-state index is 0.165. The van der Waals surface area contributed by atoms with Gasteiger partial charge in [-0.15, -0.1) is 11.8 Å². The minimum atomic E-state index is -0.441. The Labute approximate surface area is 235 Å². The SMILES string of the molecule is CCOC1CN(C2CCC([C@@H](C)n3c(C)c(C(=O)NCC4C(=O)N=C(C)C=C4SC)c4cccnc43)CC2)C1. The monoisotopic (exact) mass is 551 g/mol. The fraction of sp³-hybridized carbons (Fsp3) is 0.600. The van der Waals surface area contributed by atoms with Gasteiger partial charge in [0.15, 0.2) is 0 Å². The highest BCUT2D eigenvalue weighted by atomic mass is 32.2. The molecule has 2 amide bonds. The van der Waals surface area contributed by atoms with Crippen molar-refractivity contribution in [3.8, 4) is 0 Å². The number of thioether (sulfide) groups is 1. The highest BCUT2D eigenvalue weighted by Gasteiger charge is 2.37. The summed E-state index contributed by atoms with van der Waals surface area (Å²) in [5, 5.41) is 3.91.